The van der Waals surface area contributed by atoms with Gasteiger partial charge in [-0.3, -0.25) is 0 Å². The topological polar surface area (TPSA) is 47.3 Å². The van der Waals surface area contributed by atoms with Gasteiger partial charge in [-0.25, -0.2) is 4.98 Å². The summed E-state index contributed by atoms with van der Waals surface area (Å²) in [6.07, 6.45) is 7.09. The first-order chi connectivity index (χ1) is 8.60. The number of imidazole rings is 1. The lowest BCUT2D eigenvalue weighted by Crippen LogP contribution is -2.21. The van der Waals surface area contributed by atoms with Gasteiger partial charge in [-0.05, 0) is 19.1 Å². The van der Waals surface area contributed by atoms with Crippen LogP contribution in [0.3, 0.4) is 0 Å². The molecule has 0 saturated carbocycles. The molecule has 0 amide bonds. The number of methoxy groups -OCH3 is 1. The standard InChI is InChI=1S/C13H18N2O2S/c1-9-7-15(2)13(14-9)18-8-10-6-11(17-3)4-5-12(10)16/h4-7,10,12,16H,8H2,1-3H3. The number of aryl methyl sites for hydroxylation is 2. The largest absolute Gasteiger partial charge is 0.497 e. The zero-order valence-corrected chi connectivity index (χ0v) is 11.6. The minimum Gasteiger partial charge on any atom is -0.497 e. The number of aliphatic hydroxyl groups excluding tert-OH is 1. The SMILES string of the molecule is COC1=CC(CSc2nc(C)cn2C)C(O)C=C1. The average Bonchev–Trinajstić information content (AvgIpc) is 2.67. The van der Waals surface area contributed by atoms with Crippen molar-refractivity contribution in [1.29, 1.82) is 0 Å². The maximum atomic E-state index is 9.91. The first-order valence-corrected chi connectivity index (χ1v) is 6.83. The fourth-order valence-electron chi connectivity index (χ4n) is 1.88. The molecule has 2 atom stereocenters. The van der Waals surface area contributed by atoms with E-state index in [0.717, 1.165) is 22.4 Å². The van der Waals surface area contributed by atoms with Crippen molar-refractivity contribution in [3.8, 4) is 0 Å². The highest BCUT2D eigenvalue weighted by molar-refractivity contribution is 7.99. The molecule has 0 radical (unpaired) electrons. The summed E-state index contributed by atoms with van der Waals surface area (Å²) in [7, 11) is 3.62. The van der Waals surface area contributed by atoms with Crippen LogP contribution in [0.15, 0.2) is 35.3 Å². The molecule has 18 heavy (non-hydrogen) atoms. The van der Waals surface area contributed by atoms with Gasteiger partial charge in [0.1, 0.15) is 5.76 Å². The number of aliphatic hydroxyl groups is 1. The normalized spacial score (nSPS) is 23.0. The monoisotopic (exact) mass is 266 g/mol. The Balaban J connectivity index is 1.99. The summed E-state index contributed by atoms with van der Waals surface area (Å²) < 4.78 is 7.19. The molecule has 1 aliphatic carbocycles. The second kappa shape index (κ2) is 5.63. The molecule has 0 aromatic carbocycles. The van der Waals surface area contributed by atoms with Crippen molar-refractivity contribution in [2.75, 3.05) is 12.9 Å². The maximum absolute atomic E-state index is 9.91. The van der Waals surface area contributed by atoms with Gasteiger partial charge in [0.2, 0.25) is 0 Å². The zero-order chi connectivity index (χ0) is 13.1. The van der Waals surface area contributed by atoms with E-state index in [4.69, 9.17) is 4.74 Å². The van der Waals surface area contributed by atoms with E-state index < -0.39 is 6.10 Å². The minimum absolute atomic E-state index is 0.0620. The van der Waals surface area contributed by atoms with Gasteiger partial charge in [-0.2, -0.15) is 0 Å². The molecule has 1 heterocycles. The molecule has 0 fully saturated rings. The van der Waals surface area contributed by atoms with Crippen LogP contribution in [0, 0.1) is 12.8 Å². The zero-order valence-electron chi connectivity index (χ0n) is 10.8. The Bertz CT molecular complexity index is 479. The Morgan fingerprint density at radius 2 is 2.33 bits per heavy atom. The number of thioether (sulfide) groups is 1. The van der Waals surface area contributed by atoms with Gasteiger partial charge in [0.15, 0.2) is 5.16 Å². The van der Waals surface area contributed by atoms with E-state index in [-0.39, 0.29) is 5.92 Å². The molecule has 4 nitrogen and oxygen atoms in total. The van der Waals surface area contributed by atoms with Gasteiger partial charge < -0.3 is 14.4 Å². The van der Waals surface area contributed by atoms with Crippen molar-refractivity contribution in [3.63, 3.8) is 0 Å². The maximum Gasteiger partial charge on any atom is 0.167 e. The third-order valence-corrected chi connectivity index (χ3v) is 4.06. The predicted octanol–water partition coefficient (Wildman–Crippen LogP) is 1.90. The van der Waals surface area contributed by atoms with Crippen LogP contribution >= 0.6 is 11.8 Å². The summed E-state index contributed by atoms with van der Waals surface area (Å²) >= 11 is 1.65. The highest BCUT2D eigenvalue weighted by atomic mass is 32.2. The van der Waals surface area contributed by atoms with E-state index >= 15 is 0 Å². The Labute approximate surface area is 111 Å². The smallest absolute Gasteiger partial charge is 0.167 e. The Morgan fingerprint density at radius 3 is 2.94 bits per heavy atom. The third kappa shape index (κ3) is 2.97. The number of ether oxygens (including phenoxy) is 1. The number of hydrogen-bond donors (Lipinski definition) is 1. The number of allylic oxidation sites excluding steroid dienone is 1. The third-order valence-electron chi connectivity index (χ3n) is 2.87. The van der Waals surface area contributed by atoms with Crippen LogP contribution in [0.5, 0.6) is 0 Å². The van der Waals surface area contributed by atoms with Gasteiger partial charge in [0, 0.05) is 24.9 Å². The van der Waals surface area contributed by atoms with E-state index in [1.807, 2.05) is 30.8 Å². The molecule has 5 heteroatoms. The van der Waals surface area contributed by atoms with E-state index in [0.29, 0.717) is 0 Å². The molecule has 2 unspecified atom stereocenters. The van der Waals surface area contributed by atoms with E-state index in [1.165, 1.54) is 0 Å². The van der Waals surface area contributed by atoms with E-state index in [2.05, 4.69) is 4.98 Å². The van der Waals surface area contributed by atoms with Crippen LogP contribution in [0.1, 0.15) is 5.69 Å². The van der Waals surface area contributed by atoms with Crippen LogP contribution < -0.4 is 0 Å². The summed E-state index contributed by atoms with van der Waals surface area (Å²) in [6.45, 7) is 1.98. The summed E-state index contributed by atoms with van der Waals surface area (Å²) in [5.74, 6) is 1.65. The van der Waals surface area contributed by atoms with Crippen LogP contribution in [0.25, 0.3) is 0 Å². The quantitative estimate of drug-likeness (QED) is 0.846. The molecular weight excluding hydrogens is 248 g/mol. The second-order valence-corrected chi connectivity index (χ2v) is 5.36. The average molecular weight is 266 g/mol. The Morgan fingerprint density at radius 1 is 1.56 bits per heavy atom. The van der Waals surface area contributed by atoms with Crippen molar-refractivity contribution in [2.45, 2.75) is 18.2 Å². The Hall–Kier alpha value is -1.20. The number of nitrogens with zero attached hydrogens (tertiary/aromatic N) is 2. The summed E-state index contributed by atoms with van der Waals surface area (Å²) in [5, 5.41) is 10.9. The minimum atomic E-state index is -0.447. The summed E-state index contributed by atoms with van der Waals surface area (Å²) in [5.41, 5.74) is 1.01. The van der Waals surface area contributed by atoms with Crippen LogP contribution in [-0.4, -0.2) is 33.6 Å². The molecule has 0 spiro atoms. The molecule has 1 aliphatic rings. The van der Waals surface area contributed by atoms with Crippen LogP contribution in [0.2, 0.25) is 0 Å². The summed E-state index contributed by atoms with van der Waals surface area (Å²) in [4.78, 5) is 4.43. The molecule has 0 aliphatic heterocycles. The highest BCUT2D eigenvalue weighted by Gasteiger charge is 2.20. The first-order valence-electron chi connectivity index (χ1n) is 5.85. The fourth-order valence-corrected chi connectivity index (χ4v) is 2.98. The second-order valence-electron chi connectivity index (χ2n) is 4.37. The molecule has 0 bridgehead atoms. The number of rotatable bonds is 4. The molecule has 98 valence electrons. The van der Waals surface area contributed by atoms with E-state index in [1.54, 1.807) is 31.0 Å². The molecule has 2 rings (SSSR count). The van der Waals surface area contributed by atoms with Gasteiger partial charge in [0.05, 0.1) is 18.9 Å². The van der Waals surface area contributed by atoms with Gasteiger partial charge in [0.25, 0.3) is 0 Å². The van der Waals surface area contributed by atoms with Crippen molar-refractivity contribution < 1.29 is 9.84 Å². The van der Waals surface area contributed by atoms with Crippen LogP contribution in [0.4, 0.5) is 0 Å². The van der Waals surface area contributed by atoms with E-state index in [9.17, 15) is 5.11 Å². The van der Waals surface area contributed by atoms with Crippen molar-refractivity contribution in [1.82, 2.24) is 9.55 Å². The van der Waals surface area contributed by atoms with Crippen molar-refractivity contribution >= 4 is 11.8 Å². The lowest BCUT2D eigenvalue weighted by molar-refractivity contribution is 0.178. The van der Waals surface area contributed by atoms with Crippen LogP contribution in [-0.2, 0) is 11.8 Å². The summed E-state index contributed by atoms with van der Waals surface area (Å²) in [6, 6.07) is 0. The number of aromatic nitrogens is 2. The molecule has 0 saturated heterocycles. The van der Waals surface area contributed by atoms with Gasteiger partial charge in [-0.1, -0.05) is 17.8 Å². The Kier molecular flexibility index (Phi) is 4.14. The molecule has 1 aromatic heterocycles. The first kappa shape index (κ1) is 13.2. The van der Waals surface area contributed by atoms with Gasteiger partial charge in [-0.15, -0.1) is 0 Å². The lowest BCUT2D eigenvalue weighted by Gasteiger charge is -2.20. The predicted molar refractivity (Wildman–Crippen MR) is 72.4 cm³/mol. The van der Waals surface area contributed by atoms with Gasteiger partial charge >= 0.3 is 0 Å². The fraction of sp³-hybridized carbons (Fsp3) is 0.462. The highest BCUT2D eigenvalue weighted by Crippen LogP contribution is 2.25. The number of hydrogen-bond acceptors (Lipinski definition) is 4. The molecular formula is C13H18N2O2S. The molecule has 1 N–H and O–H groups in total. The van der Waals surface area contributed by atoms with Crippen molar-refractivity contribution in [3.05, 3.63) is 35.9 Å². The van der Waals surface area contributed by atoms with Crippen molar-refractivity contribution in [2.24, 2.45) is 13.0 Å². The molecule has 1 aromatic rings. The lowest BCUT2D eigenvalue weighted by atomic mass is 9.99.